The zero-order valence-electron chi connectivity index (χ0n) is 14.9. The first-order chi connectivity index (χ1) is 11.3. The Morgan fingerprint density at radius 1 is 1.38 bits per heavy atom. The van der Waals surface area contributed by atoms with Gasteiger partial charge in [-0.15, -0.1) is 0 Å². The molecule has 0 fully saturated rings. The second-order valence-electron chi connectivity index (χ2n) is 6.24. The van der Waals surface area contributed by atoms with E-state index in [2.05, 4.69) is 17.2 Å². The molecule has 0 aliphatic rings. The van der Waals surface area contributed by atoms with Crippen LogP contribution in [0.15, 0.2) is 28.2 Å². The van der Waals surface area contributed by atoms with Gasteiger partial charge in [0.2, 0.25) is 5.91 Å². The van der Waals surface area contributed by atoms with Crippen LogP contribution >= 0.6 is 11.8 Å². The first kappa shape index (κ1) is 18.5. The lowest BCUT2D eigenvalue weighted by Crippen LogP contribution is -2.37. The molecule has 1 heterocycles. The van der Waals surface area contributed by atoms with Gasteiger partial charge in [-0.2, -0.15) is 0 Å². The van der Waals surface area contributed by atoms with E-state index in [4.69, 9.17) is 0 Å². The number of fused-ring (bicyclic) bond motifs is 1. The number of aromatic nitrogens is 2. The van der Waals surface area contributed by atoms with Crippen molar-refractivity contribution >= 4 is 28.6 Å². The van der Waals surface area contributed by atoms with Gasteiger partial charge in [0.25, 0.3) is 5.56 Å². The third kappa shape index (κ3) is 4.17. The smallest absolute Gasteiger partial charge is 0.261 e. The Kier molecular flexibility index (Phi) is 6.04. The minimum absolute atomic E-state index is 0.0285. The summed E-state index contributed by atoms with van der Waals surface area (Å²) in [6, 6.07) is 5.79. The van der Waals surface area contributed by atoms with Crippen molar-refractivity contribution in [2.75, 3.05) is 0 Å². The van der Waals surface area contributed by atoms with Crippen molar-refractivity contribution in [3.63, 3.8) is 0 Å². The SMILES string of the molecule is CCCC(C)NC(=O)C(C)Sc1nc2ccc(C)cc2c(=O)n1C. The van der Waals surface area contributed by atoms with Crippen LogP contribution in [-0.2, 0) is 11.8 Å². The van der Waals surface area contributed by atoms with Crippen molar-refractivity contribution in [3.8, 4) is 0 Å². The van der Waals surface area contributed by atoms with Crippen LogP contribution in [-0.4, -0.2) is 26.8 Å². The van der Waals surface area contributed by atoms with Gasteiger partial charge in [-0.05, 0) is 39.3 Å². The highest BCUT2D eigenvalue weighted by Crippen LogP contribution is 2.22. The highest BCUT2D eigenvalue weighted by Gasteiger charge is 2.19. The van der Waals surface area contributed by atoms with Gasteiger partial charge >= 0.3 is 0 Å². The summed E-state index contributed by atoms with van der Waals surface area (Å²) in [6.45, 7) is 7.89. The fourth-order valence-corrected chi connectivity index (χ4v) is 3.43. The van der Waals surface area contributed by atoms with Crippen LogP contribution < -0.4 is 10.9 Å². The van der Waals surface area contributed by atoms with E-state index in [0.717, 1.165) is 18.4 Å². The Labute approximate surface area is 146 Å². The Balaban J connectivity index is 2.23. The molecule has 2 unspecified atom stereocenters. The molecule has 2 aromatic rings. The largest absolute Gasteiger partial charge is 0.353 e. The van der Waals surface area contributed by atoms with Gasteiger partial charge in [0, 0.05) is 13.1 Å². The summed E-state index contributed by atoms with van der Waals surface area (Å²) in [6.07, 6.45) is 1.98. The average Bonchev–Trinajstić information content (AvgIpc) is 2.53. The number of aryl methyl sites for hydroxylation is 1. The fourth-order valence-electron chi connectivity index (χ4n) is 2.55. The highest BCUT2D eigenvalue weighted by molar-refractivity contribution is 8.00. The number of rotatable bonds is 6. The molecule has 2 rings (SSSR count). The molecule has 1 amide bonds. The van der Waals surface area contributed by atoms with E-state index in [0.29, 0.717) is 16.1 Å². The van der Waals surface area contributed by atoms with Crippen LogP contribution in [0, 0.1) is 6.92 Å². The molecule has 0 aliphatic heterocycles. The zero-order valence-corrected chi connectivity index (χ0v) is 15.7. The molecule has 0 aliphatic carbocycles. The lowest BCUT2D eigenvalue weighted by molar-refractivity contribution is -0.120. The minimum Gasteiger partial charge on any atom is -0.353 e. The number of nitrogens with zero attached hydrogens (tertiary/aromatic N) is 2. The molecule has 0 bridgehead atoms. The average molecular weight is 347 g/mol. The molecular weight excluding hydrogens is 322 g/mol. The number of hydrogen-bond donors (Lipinski definition) is 1. The first-order valence-electron chi connectivity index (χ1n) is 8.28. The van der Waals surface area contributed by atoms with E-state index in [1.165, 1.54) is 16.3 Å². The van der Waals surface area contributed by atoms with Gasteiger partial charge in [0.1, 0.15) is 0 Å². The predicted molar refractivity (Wildman–Crippen MR) is 99.6 cm³/mol. The molecule has 1 aromatic heterocycles. The van der Waals surface area contributed by atoms with E-state index < -0.39 is 0 Å². The Morgan fingerprint density at radius 3 is 2.75 bits per heavy atom. The van der Waals surface area contributed by atoms with Gasteiger partial charge < -0.3 is 5.32 Å². The number of thioether (sulfide) groups is 1. The third-order valence-corrected chi connectivity index (χ3v) is 5.10. The number of carbonyl (C=O) groups excluding carboxylic acids is 1. The van der Waals surface area contributed by atoms with Crippen molar-refractivity contribution in [1.29, 1.82) is 0 Å². The Morgan fingerprint density at radius 2 is 2.08 bits per heavy atom. The van der Waals surface area contributed by atoms with E-state index >= 15 is 0 Å². The summed E-state index contributed by atoms with van der Waals surface area (Å²) >= 11 is 1.31. The second-order valence-corrected chi connectivity index (χ2v) is 7.55. The van der Waals surface area contributed by atoms with Crippen molar-refractivity contribution in [1.82, 2.24) is 14.9 Å². The molecule has 6 heteroatoms. The van der Waals surface area contributed by atoms with Crippen LogP contribution in [0.2, 0.25) is 0 Å². The maximum Gasteiger partial charge on any atom is 0.261 e. The van der Waals surface area contributed by atoms with Gasteiger partial charge in [-0.25, -0.2) is 4.98 Å². The van der Waals surface area contributed by atoms with Gasteiger partial charge in [-0.1, -0.05) is 36.7 Å². The molecule has 130 valence electrons. The molecule has 2 atom stereocenters. The van der Waals surface area contributed by atoms with Gasteiger partial charge in [-0.3, -0.25) is 14.2 Å². The van der Waals surface area contributed by atoms with Crippen LogP contribution in [0.25, 0.3) is 10.9 Å². The van der Waals surface area contributed by atoms with Crippen molar-refractivity contribution in [3.05, 3.63) is 34.1 Å². The lowest BCUT2D eigenvalue weighted by Gasteiger charge is -2.17. The van der Waals surface area contributed by atoms with Crippen LogP contribution in [0.4, 0.5) is 0 Å². The summed E-state index contributed by atoms with van der Waals surface area (Å²) < 4.78 is 1.52. The summed E-state index contributed by atoms with van der Waals surface area (Å²) in [7, 11) is 1.70. The third-order valence-electron chi connectivity index (χ3n) is 3.95. The normalized spacial score (nSPS) is 13.7. The van der Waals surface area contributed by atoms with Crippen molar-refractivity contribution in [2.24, 2.45) is 7.05 Å². The molecule has 5 nitrogen and oxygen atoms in total. The Hall–Kier alpha value is -1.82. The van der Waals surface area contributed by atoms with E-state index in [1.807, 2.05) is 39.0 Å². The molecular formula is C18H25N3O2S. The molecule has 1 N–H and O–H groups in total. The van der Waals surface area contributed by atoms with Gasteiger partial charge in [0.15, 0.2) is 5.16 Å². The molecule has 0 spiro atoms. The summed E-state index contributed by atoms with van der Waals surface area (Å²) in [5.41, 5.74) is 1.61. The van der Waals surface area contributed by atoms with Crippen LogP contribution in [0.3, 0.4) is 0 Å². The van der Waals surface area contributed by atoms with Crippen LogP contribution in [0.5, 0.6) is 0 Å². The summed E-state index contributed by atoms with van der Waals surface area (Å²) in [4.78, 5) is 29.4. The first-order valence-corrected chi connectivity index (χ1v) is 9.15. The number of carbonyl (C=O) groups is 1. The molecule has 0 radical (unpaired) electrons. The molecule has 24 heavy (non-hydrogen) atoms. The minimum atomic E-state index is -0.315. The maximum absolute atomic E-state index is 12.5. The monoisotopic (exact) mass is 347 g/mol. The molecule has 1 aromatic carbocycles. The van der Waals surface area contributed by atoms with E-state index in [1.54, 1.807) is 7.05 Å². The zero-order chi connectivity index (χ0) is 17.9. The number of nitrogens with one attached hydrogen (secondary N) is 1. The van der Waals surface area contributed by atoms with Crippen LogP contribution in [0.1, 0.15) is 39.2 Å². The van der Waals surface area contributed by atoms with E-state index in [-0.39, 0.29) is 22.8 Å². The maximum atomic E-state index is 12.5. The fraction of sp³-hybridized carbons (Fsp3) is 0.500. The van der Waals surface area contributed by atoms with Crippen molar-refractivity contribution in [2.45, 2.75) is 57.0 Å². The highest BCUT2D eigenvalue weighted by atomic mass is 32.2. The van der Waals surface area contributed by atoms with Crippen molar-refractivity contribution < 1.29 is 4.79 Å². The van der Waals surface area contributed by atoms with E-state index in [9.17, 15) is 9.59 Å². The van der Waals surface area contributed by atoms with Gasteiger partial charge in [0.05, 0.1) is 16.2 Å². The number of hydrogen-bond acceptors (Lipinski definition) is 4. The predicted octanol–water partition coefficient (Wildman–Crippen LogP) is 3.03. The summed E-state index contributed by atoms with van der Waals surface area (Å²) in [5, 5.41) is 3.85. The molecule has 0 saturated heterocycles. The Bertz CT molecular complexity index is 801. The summed E-state index contributed by atoms with van der Waals surface area (Å²) in [5.74, 6) is -0.0285. The quantitative estimate of drug-likeness (QED) is 0.644. The standard InChI is InChI=1S/C18H25N3O2S/c1-6-7-12(3)19-16(22)13(4)24-18-20-15-9-8-11(2)10-14(15)17(23)21(18)5/h8-10,12-13H,6-7H2,1-5H3,(H,19,22). The topological polar surface area (TPSA) is 64.0 Å². The number of benzene rings is 1. The number of amides is 1. The second kappa shape index (κ2) is 7.83. The lowest BCUT2D eigenvalue weighted by atomic mass is 10.2. The molecule has 0 saturated carbocycles.